The fourth-order valence-electron chi connectivity index (χ4n) is 2.17. The van der Waals surface area contributed by atoms with Crippen LogP contribution in [0.4, 0.5) is 5.69 Å². The Morgan fingerprint density at radius 2 is 1.42 bits per heavy atom. The smallest absolute Gasteiger partial charge is 0.255 e. The Labute approximate surface area is 160 Å². The van der Waals surface area contributed by atoms with Gasteiger partial charge in [-0.15, -0.1) is 12.4 Å². The Hall–Kier alpha value is -2.37. The molecule has 0 radical (unpaired) electrons. The Balaban J connectivity index is 0.00000338. The maximum absolute atomic E-state index is 12.2. The molecular formula is C20H26ClN3O2. The average Bonchev–Trinajstić information content (AvgIpc) is 2.62. The molecule has 0 aliphatic carbocycles. The maximum atomic E-state index is 12.2. The minimum absolute atomic E-state index is 0. The first-order valence-corrected chi connectivity index (χ1v) is 8.37. The van der Waals surface area contributed by atoms with Crippen LogP contribution in [0.2, 0.25) is 0 Å². The summed E-state index contributed by atoms with van der Waals surface area (Å²) in [5.41, 5.74) is 8.03. The van der Waals surface area contributed by atoms with Crippen molar-refractivity contribution in [2.75, 3.05) is 5.32 Å². The fraction of sp³-hybridized carbons (Fsp3) is 0.300. The zero-order valence-corrected chi connectivity index (χ0v) is 16.2. The van der Waals surface area contributed by atoms with Crippen LogP contribution in [0.25, 0.3) is 0 Å². The lowest BCUT2D eigenvalue weighted by Gasteiger charge is -2.24. The van der Waals surface area contributed by atoms with Crippen LogP contribution in [0.5, 0.6) is 0 Å². The molecule has 0 aliphatic rings. The van der Waals surface area contributed by atoms with Gasteiger partial charge in [0.05, 0.1) is 0 Å². The van der Waals surface area contributed by atoms with Crippen molar-refractivity contribution < 1.29 is 9.59 Å². The molecule has 2 aromatic rings. The topological polar surface area (TPSA) is 84.2 Å². The highest BCUT2D eigenvalue weighted by atomic mass is 35.5. The molecule has 0 saturated carbocycles. The Morgan fingerprint density at radius 1 is 0.923 bits per heavy atom. The van der Waals surface area contributed by atoms with Crippen LogP contribution < -0.4 is 16.4 Å². The van der Waals surface area contributed by atoms with E-state index in [0.717, 1.165) is 12.0 Å². The predicted molar refractivity (Wildman–Crippen MR) is 108 cm³/mol. The Kier molecular flexibility index (Phi) is 7.80. The van der Waals surface area contributed by atoms with E-state index in [9.17, 15) is 9.59 Å². The number of hydrogen-bond donors (Lipinski definition) is 3. The second kappa shape index (κ2) is 9.36. The second-order valence-electron chi connectivity index (χ2n) is 6.62. The van der Waals surface area contributed by atoms with Gasteiger partial charge in [-0.05, 0) is 62.2 Å². The predicted octanol–water partition coefficient (Wildman–Crippen LogP) is 3.74. The molecule has 26 heavy (non-hydrogen) atoms. The van der Waals surface area contributed by atoms with Crippen LogP contribution in [0, 0.1) is 0 Å². The number of carbonyl (C=O) groups excluding carboxylic acids is 2. The molecule has 2 rings (SSSR count). The van der Waals surface area contributed by atoms with Crippen molar-refractivity contribution in [1.82, 2.24) is 5.32 Å². The van der Waals surface area contributed by atoms with E-state index in [1.807, 2.05) is 32.9 Å². The van der Waals surface area contributed by atoms with Gasteiger partial charge in [0, 0.05) is 28.9 Å². The molecule has 2 aromatic carbocycles. The number of rotatable bonds is 6. The van der Waals surface area contributed by atoms with Crippen molar-refractivity contribution in [3.8, 4) is 0 Å². The van der Waals surface area contributed by atoms with Crippen LogP contribution in [-0.2, 0) is 6.54 Å². The molecule has 4 N–H and O–H groups in total. The first-order chi connectivity index (χ1) is 11.8. The lowest BCUT2D eigenvalue weighted by molar-refractivity contribution is 0.0911. The largest absolute Gasteiger partial charge is 0.347 e. The highest BCUT2D eigenvalue weighted by Crippen LogP contribution is 2.14. The first-order valence-electron chi connectivity index (χ1n) is 8.37. The summed E-state index contributed by atoms with van der Waals surface area (Å²) < 4.78 is 0. The summed E-state index contributed by atoms with van der Waals surface area (Å²) in [6, 6.07) is 14.0. The van der Waals surface area contributed by atoms with E-state index in [4.69, 9.17) is 5.73 Å². The highest BCUT2D eigenvalue weighted by Gasteiger charge is 2.18. The van der Waals surface area contributed by atoms with Crippen molar-refractivity contribution in [2.45, 2.75) is 39.3 Å². The third kappa shape index (κ3) is 5.86. The summed E-state index contributed by atoms with van der Waals surface area (Å²) in [5, 5.41) is 5.80. The minimum Gasteiger partial charge on any atom is -0.347 e. The van der Waals surface area contributed by atoms with Gasteiger partial charge >= 0.3 is 0 Å². The summed E-state index contributed by atoms with van der Waals surface area (Å²) in [5.74, 6) is -0.324. The molecular weight excluding hydrogens is 350 g/mol. The van der Waals surface area contributed by atoms with Crippen molar-refractivity contribution >= 4 is 29.9 Å². The number of nitrogens with one attached hydrogen (secondary N) is 2. The fourth-order valence-corrected chi connectivity index (χ4v) is 2.17. The van der Waals surface area contributed by atoms with E-state index in [-0.39, 0.29) is 29.8 Å². The summed E-state index contributed by atoms with van der Waals surface area (Å²) >= 11 is 0. The minimum atomic E-state index is -0.250. The molecule has 0 fully saturated rings. The number of amides is 2. The van der Waals surface area contributed by atoms with Crippen LogP contribution in [0.1, 0.15) is 53.5 Å². The number of nitrogens with two attached hydrogens (primary N) is 1. The van der Waals surface area contributed by atoms with Gasteiger partial charge in [-0.3, -0.25) is 9.59 Å². The van der Waals surface area contributed by atoms with E-state index >= 15 is 0 Å². The number of anilines is 1. The normalized spacial score (nSPS) is 10.6. The van der Waals surface area contributed by atoms with E-state index < -0.39 is 0 Å². The SMILES string of the molecule is CCC(C)(C)NC(=O)c1ccc(NC(=O)c2ccc(CN)cc2)cc1.Cl. The van der Waals surface area contributed by atoms with Gasteiger partial charge in [0.1, 0.15) is 0 Å². The third-order valence-corrected chi connectivity index (χ3v) is 4.19. The van der Waals surface area contributed by atoms with Gasteiger partial charge in [-0.25, -0.2) is 0 Å². The number of hydrogen-bond acceptors (Lipinski definition) is 3. The molecule has 0 unspecified atom stereocenters. The van der Waals surface area contributed by atoms with Gasteiger partial charge in [-0.1, -0.05) is 19.1 Å². The molecule has 140 valence electrons. The van der Waals surface area contributed by atoms with Crippen LogP contribution in [0.15, 0.2) is 48.5 Å². The molecule has 0 aromatic heterocycles. The Morgan fingerprint density at radius 3 is 1.92 bits per heavy atom. The Bertz CT molecular complexity index is 741. The second-order valence-corrected chi connectivity index (χ2v) is 6.62. The summed E-state index contributed by atoms with van der Waals surface area (Å²) in [7, 11) is 0. The first kappa shape index (κ1) is 21.7. The molecule has 5 nitrogen and oxygen atoms in total. The average molecular weight is 376 g/mol. The zero-order chi connectivity index (χ0) is 18.4. The highest BCUT2D eigenvalue weighted by molar-refractivity contribution is 6.04. The molecule has 2 amide bonds. The molecule has 0 heterocycles. The molecule has 0 atom stereocenters. The summed E-state index contributed by atoms with van der Waals surface area (Å²) in [4.78, 5) is 24.5. The van der Waals surface area contributed by atoms with E-state index in [1.165, 1.54) is 0 Å². The standard InChI is InChI=1S/C20H25N3O2.ClH/c1-4-20(2,3)23-19(25)16-9-11-17(12-10-16)22-18(24)15-7-5-14(13-21)6-8-15;/h5-12H,4,13,21H2,1-3H3,(H,22,24)(H,23,25);1H. The maximum Gasteiger partial charge on any atom is 0.255 e. The van der Waals surface area contributed by atoms with Crippen molar-refractivity contribution in [3.63, 3.8) is 0 Å². The molecule has 0 spiro atoms. The quantitative estimate of drug-likeness (QED) is 0.719. The van der Waals surface area contributed by atoms with E-state index in [0.29, 0.717) is 23.4 Å². The monoisotopic (exact) mass is 375 g/mol. The van der Waals surface area contributed by atoms with Crippen molar-refractivity contribution in [1.29, 1.82) is 0 Å². The number of benzene rings is 2. The van der Waals surface area contributed by atoms with E-state index in [1.54, 1.807) is 36.4 Å². The van der Waals surface area contributed by atoms with Gasteiger partial charge in [-0.2, -0.15) is 0 Å². The van der Waals surface area contributed by atoms with Crippen LogP contribution in [0.3, 0.4) is 0 Å². The van der Waals surface area contributed by atoms with Gasteiger partial charge in [0.25, 0.3) is 11.8 Å². The van der Waals surface area contributed by atoms with Gasteiger partial charge in [0.15, 0.2) is 0 Å². The van der Waals surface area contributed by atoms with Crippen molar-refractivity contribution in [3.05, 3.63) is 65.2 Å². The summed E-state index contributed by atoms with van der Waals surface area (Å²) in [6.45, 7) is 6.43. The van der Waals surface area contributed by atoms with Gasteiger partial charge < -0.3 is 16.4 Å². The summed E-state index contributed by atoms with van der Waals surface area (Å²) in [6.07, 6.45) is 0.843. The number of halogens is 1. The lowest BCUT2D eigenvalue weighted by atomic mass is 10.0. The van der Waals surface area contributed by atoms with Crippen molar-refractivity contribution in [2.24, 2.45) is 5.73 Å². The third-order valence-electron chi connectivity index (χ3n) is 4.19. The molecule has 0 bridgehead atoms. The molecule has 6 heteroatoms. The zero-order valence-electron chi connectivity index (χ0n) is 15.3. The van der Waals surface area contributed by atoms with Gasteiger partial charge in [0.2, 0.25) is 0 Å². The van der Waals surface area contributed by atoms with E-state index in [2.05, 4.69) is 10.6 Å². The van der Waals surface area contributed by atoms with Crippen LogP contribution >= 0.6 is 12.4 Å². The lowest BCUT2D eigenvalue weighted by Crippen LogP contribution is -2.42. The molecule has 0 saturated heterocycles. The van der Waals surface area contributed by atoms with Crippen LogP contribution in [-0.4, -0.2) is 17.4 Å². The number of carbonyl (C=O) groups is 2. The molecule has 0 aliphatic heterocycles.